The van der Waals surface area contributed by atoms with E-state index in [4.69, 9.17) is 0 Å². The summed E-state index contributed by atoms with van der Waals surface area (Å²) in [6.07, 6.45) is -11.3. The van der Waals surface area contributed by atoms with E-state index >= 15 is 0 Å². The number of alkyl halides is 5. The summed E-state index contributed by atoms with van der Waals surface area (Å²) in [5, 5.41) is 0. The molecule has 0 unspecified atom stereocenters. The van der Waals surface area contributed by atoms with Crippen LogP contribution in [-0.4, -0.2) is 12.3 Å². The van der Waals surface area contributed by atoms with Crippen molar-refractivity contribution in [1.82, 2.24) is 0 Å². The summed E-state index contributed by atoms with van der Waals surface area (Å²) < 4.78 is 76.3. The lowest BCUT2D eigenvalue weighted by molar-refractivity contribution is -0.361. The Hall–Kier alpha value is -0.920. The van der Waals surface area contributed by atoms with E-state index in [0.717, 1.165) is 6.07 Å². The van der Waals surface area contributed by atoms with Crippen molar-refractivity contribution in [2.45, 2.75) is 12.3 Å². The molecule has 0 saturated heterocycles. The molecular weight excluding hydrogens is 306 g/mol. The van der Waals surface area contributed by atoms with Gasteiger partial charge >= 0.3 is 12.3 Å². The molecule has 1 aromatic carbocycles. The summed E-state index contributed by atoms with van der Waals surface area (Å²) in [6.45, 7) is 0. The van der Waals surface area contributed by atoms with Gasteiger partial charge in [0.2, 0.25) is 0 Å². The molecule has 1 rings (SSSR count). The molecule has 0 amide bonds. The van der Waals surface area contributed by atoms with Gasteiger partial charge in [-0.3, -0.25) is 0 Å². The third-order valence-corrected chi connectivity index (χ3v) is 1.96. The fourth-order valence-electron chi connectivity index (χ4n) is 0.754. The lowest BCUT2D eigenvalue weighted by atomic mass is 10.3. The third-order valence-electron chi connectivity index (χ3n) is 1.46. The first-order chi connectivity index (χ1) is 7.13. The minimum absolute atomic E-state index is 0.188. The van der Waals surface area contributed by atoms with Gasteiger partial charge in [-0.2, -0.15) is 22.0 Å². The standard InChI is InChI=1S/C8H3BrF6O/c9-4-1-2-6(5(10)3-4)16-8(14,15)7(11,12)13/h1-3H. The van der Waals surface area contributed by atoms with Crippen LogP contribution < -0.4 is 4.74 Å². The van der Waals surface area contributed by atoms with Crippen molar-refractivity contribution in [3.8, 4) is 5.75 Å². The Morgan fingerprint density at radius 3 is 2.06 bits per heavy atom. The Morgan fingerprint density at radius 2 is 1.62 bits per heavy atom. The maximum absolute atomic E-state index is 12.9. The number of rotatable bonds is 2. The van der Waals surface area contributed by atoms with Crippen LogP contribution in [0, 0.1) is 5.82 Å². The van der Waals surface area contributed by atoms with Crippen LogP contribution in [0.25, 0.3) is 0 Å². The molecule has 0 saturated carbocycles. The van der Waals surface area contributed by atoms with Gasteiger partial charge in [-0.25, -0.2) is 4.39 Å². The first-order valence-corrected chi connectivity index (χ1v) is 4.51. The minimum Gasteiger partial charge on any atom is -0.423 e. The molecule has 8 heteroatoms. The Bertz CT molecular complexity index is 389. The van der Waals surface area contributed by atoms with Gasteiger partial charge in [0.15, 0.2) is 11.6 Å². The lowest BCUT2D eigenvalue weighted by Crippen LogP contribution is -2.42. The second kappa shape index (κ2) is 4.15. The first kappa shape index (κ1) is 13.1. The minimum atomic E-state index is -5.90. The molecule has 1 nitrogen and oxygen atoms in total. The van der Waals surface area contributed by atoms with Crippen molar-refractivity contribution in [2.24, 2.45) is 0 Å². The largest absolute Gasteiger partial charge is 0.499 e. The van der Waals surface area contributed by atoms with E-state index in [2.05, 4.69) is 20.7 Å². The molecular formula is C8H3BrF6O. The van der Waals surface area contributed by atoms with E-state index < -0.39 is 23.9 Å². The van der Waals surface area contributed by atoms with Gasteiger partial charge < -0.3 is 4.74 Å². The zero-order valence-electron chi connectivity index (χ0n) is 7.29. The summed E-state index contributed by atoms with van der Waals surface area (Å²) >= 11 is 2.81. The van der Waals surface area contributed by atoms with E-state index in [9.17, 15) is 26.3 Å². The molecule has 0 N–H and O–H groups in total. The van der Waals surface area contributed by atoms with Crippen molar-refractivity contribution in [1.29, 1.82) is 0 Å². The first-order valence-electron chi connectivity index (χ1n) is 3.72. The molecule has 16 heavy (non-hydrogen) atoms. The molecule has 1 aromatic rings. The molecule has 0 bridgehead atoms. The van der Waals surface area contributed by atoms with Crippen LogP contribution in [0.4, 0.5) is 26.3 Å². The van der Waals surface area contributed by atoms with E-state index in [1.807, 2.05) is 0 Å². The molecule has 0 heterocycles. The highest BCUT2D eigenvalue weighted by molar-refractivity contribution is 9.10. The van der Waals surface area contributed by atoms with E-state index in [1.54, 1.807) is 0 Å². The topological polar surface area (TPSA) is 9.23 Å². The molecule has 0 spiro atoms. The second-order valence-electron chi connectivity index (χ2n) is 2.69. The van der Waals surface area contributed by atoms with Crippen LogP contribution in [0.5, 0.6) is 5.75 Å². The maximum Gasteiger partial charge on any atom is 0.499 e. The zero-order valence-corrected chi connectivity index (χ0v) is 8.87. The van der Waals surface area contributed by atoms with Crippen molar-refractivity contribution in [3.05, 3.63) is 28.5 Å². The summed E-state index contributed by atoms with van der Waals surface area (Å²) in [6, 6.07) is 2.45. The monoisotopic (exact) mass is 308 g/mol. The van der Waals surface area contributed by atoms with Gasteiger partial charge in [0.25, 0.3) is 0 Å². The van der Waals surface area contributed by atoms with Gasteiger partial charge in [-0.1, -0.05) is 15.9 Å². The molecule has 0 aromatic heterocycles. The molecule has 0 aliphatic heterocycles. The van der Waals surface area contributed by atoms with Crippen molar-refractivity contribution >= 4 is 15.9 Å². The molecule has 0 aliphatic carbocycles. The van der Waals surface area contributed by atoms with Gasteiger partial charge in [0.05, 0.1) is 0 Å². The van der Waals surface area contributed by atoms with Crippen LogP contribution in [0.15, 0.2) is 22.7 Å². The quantitative estimate of drug-likeness (QED) is 0.747. The fraction of sp³-hybridized carbons (Fsp3) is 0.250. The van der Waals surface area contributed by atoms with Crippen molar-refractivity contribution in [2.75, 3.05) is 0 Å². The Labute approximate surface area is 94.1 Å². The molecule has 0 atom stereocenters. The lowest BCUT2D eigenvalue weighted by Gasteiger charge is -2.20. The molecule has 0 radical (unpaired) electrons. The number of ether oxygens (including phenoxy) is 1. The highest BCUT2D eigenvalue weighted by atomic mass is 79.9. The number of hydrogen-bond donors (Lipinski definition) is 0. The van der Waals surface area contributed by atoms with Crippen LogP contribution >= 0.6 is 15.9 Å². The second-order valence-corrected chi connectivity index (χ2v) is 3.61. The van der Waals surface area contributed by atoms with Gasteiger partial charge in [0.1, 0.15) is 0 Å². The predicted octanol–water partition coefficient (Wildman–Crippen LogP) is 4.12. The van der Waals surface area contributed by atoms with Crippen molar-refractivity contribution in [3.63, 3.8) is 0 Å². The Kier molecular flexibility index (Phi) is 3.41. The highest BCUT2D eigenvalue weighted by Crippen LogP contribution is 2.38. The summed E-state index contributed by atoms with van der Waals surface area (Å²) in [5.74, 6) is -2.50. The van der Waals surface area contributed by atoms with E-state index in [0.29, 0.717) is 12.1 Å². The van der Waals surface area contributed by atoms with Crippen LogP contribution in [0.3, 0.4) is 0 Å². The average molecular weight is 309 g/mol. The summed E-state index contributed by atoms with van der Waals surface area (Å²) in [5.41, 5.74) is 0. The number of halogens is 7. The maximum atomic E-state index is 12.9. The number of benzene rings is 1. The predicted molar refractivity (Wildman–Crippen MR) is 45.7 cm³/mol. The van der Waals surface area contributed by atoms with Gasteiger partial charge in [0, 0.05) is 4.47 Å². The van der Waals surface area contributed by atoms with Gasteiger partial charge in [-0.05, 0) is 18.2 Å². The SMILES string of the molecule is Fc1cc(Br)ccc1OC(F)(F)C(F)(F)F. The van der Waals surface area contributed by atoms with E-state index in [-0.39, 0.29) is 4.47 Å². The highest BCUT2D eigenvalue weighted by Gasteiger charge is 2.61. The van der Waals surface area contributed by atoms with Crippen LogP contribution in [0.1, 0.15) is 0 Å². The van der Waals surface area contributed by atoms with Crippen LogP contribution in [-0.2, 0) is 0 Å². The van der Waals surface area contributed by atoms with Gasteiger partial charge in [-0.15, -0.1) is 0 Å². The molecule has 90 valence electrons. The molecule has 0 aliphatic rings. The van der Waals surface area contributed by atoms with Crippen molar-refractivity contribution < 1.29 is 31.1 Å². The fourth-order valence-corrected chi connectivity index (χ4v) is 1.09. The van der Waals surface area contributed by atoms with Crippen LogP contribution in [0.2, 0.25) is 0 Å². The summed E-state index contributed by atoms with van der Waals surface area (Å²) in [4.78, 5) is 0. The molecule has 0 fully saturated rings. The Balaban J connectivity index is 2.97. The number of hydrogen-bond acceptors (Lipinski definition) is 1. The third kappa shape index (κ3) is 2.81. The summed E-state index contributed by atoms with van der Waals surface area (Å²) in [7, 11) is 0. The zero-order chi connectivity index (χ0) is 12.6. The smallest absolute Gasteiger partial charge is 0.423 e. The Morgan fingerprint density at radius 1 is 1.06 bits per heavy atom. The normalized spacial score (nSPS) is 12.7. The average Bonchev–Trinajstić information content (AvgIpc) is 2.08. The van der Waals surface area contributed by atoms with E-state index in [1.165, 1.54) is 0 Å².